The van der Waals surface area contributed by atoms with Crippen LogP contribution in [0.1, 0.15) is 48.1 Å². The highest BCUT2D eigenvalue weighted by atomic mass is 35.5. The topological polar surface area (TPSA) is 79.7 Å². The van der Waals surface area contributed by atoms with Crippen LogP contribution < -0.4 is 9.64 Å². The Morgan fingerprint density at radius 1 is 1.08 bits per heavy atom. The predicted octanol–water partition coefficient (Wildman–Crippen LogP) is 7.67. The number of carbonyl (C=O) groups excluding carboxylic acids is 2. The Kier molecular flexibility index (Phi) is 6.94. The number of aliphatic hydroxyl groups is 1. The van der Waals surface area contributed by atoms with Crippen molar-refractivity contribution in [3.05, 3.63) is 92.5 Å². The second kappa shape index (κ2) is 10.1. The van der Waals surface area contributed by atoms with Crippen molar-refractivity contribution < 1.29 is 19.4 Å². The van der Waals surface area contributed by atoms with Gasteiger partial charge in [0.2, 0.25) is 0 Å². The van der Waals surface area contributed by atoms with Crippen molar-refractivity contribution in [1.29, 1.82) is 0 Å². The standard InChI is InChI=1S/C29H24Cl2N2O4S/c1-14(2)16-8-9-21-22(13-16)38-29(32-21)33-24(17-7-5-6-15(3)10-17)23(26(35)28(33)36)25(34)18-11-19(30)27(37-4)20(31)12-18/h5-14,24,34H,1-4H3/b25-23+. The SMILES string of the molecule is COc1c(Cl)cc(/C(O)=C2\C(=O)C(=O)N(c3nc4ccc(C(C)C)cc4s3)C2c2cccc(C)c2)cc1Cl. The first-order valence-electron chi connectivity index (χ1n) is 11.9. The van der Waals surface area contributed by atoms with Crippen molar-refractivity contribution >= 4 is 67.3 Å². The van der Waals surface area contributed by atoms with Crippen LogP contribution in [-0.4, -0.2) is 28.9 Å². The molecule has 1 fully saturated rings. The van der Waals surface area contributed by atoms with Gasteiger partial charge in [-0.05, 0) is 48.2 Å². The van der Waals surface area contributed by atoms with Crippen LogP contribution in [-0.2, 0) is 9.59 Å². The first-order chi connectivity index (χ1) is 18.1. The van der Waals surface area contributed by atoms with E-state index < -0.39 is 17.7 Å². The fourth-order valence-corrected chi connectivity index (χ4v) is 6.31. The van der Waals surface area contributed by atoms with E-state index in [1.165, 1.54) is 35.5 Å². The maximum Gasteiger partial charge on any atom is 0.301 e. The highest BCUT2D eigenvalue weighted by molar-refractivity contribution is 7.22. The quantitative estimate of drug-likeness (QED) is 0.152. The van der Waals surface area contributed by atoms with Crippen LogP contribution in [0.4, 0.5) is 5.13 Å². The minimum atomic E-state index is -0.903. The zero-order chi connectivity index (χ0) is 27.3. The van der Waals surface area contributed by atoms with Crippen LogP contribution in [0.25, 0.3) is 16.0 Å². The van der Waals surface area contributed by atoms with E-state index >= 15 is 0 Å². The molecule has 6 nitrogen and oxygen atoms in total. The molecule has 2 heterocycles. The molecule has 1 aliphatic heterocycles. The Hall–Kier alpha value is -3.39. The third kappa shape index (κ3) is 4.45. The van der Waals surface area contributed by atoms with Gasteiger partial charge in [-0.3, -0.25) is 14.5 Å². The third-order valence-corrected chi connectivity index (χ3v) is 8.13. The molecule has 9 heteroatoms. The first kappa shape index (κ1) is 26.2. The lowest BCUT2D eigenvalue weighted by molar-refractivity contribution is -0.132. The molecule has 0 radical (unpaired) electrons. The number of Topliss-reactive ketones (excluding diaryl/α,β-unsaturated/α-hetero) is 1. The van der Waals surface area contributed by atoms with E-state index in [9.17, 15) is 14.7 Å². The van der Waals surface area contributed by atoms with Gasteiger partial charge >= 0.3 is 5.91 Å². The van der Waals surface area contributed by atoms with Crippen molar-refractivity contribution in [1.82, 2.24) is 4.98 Å². The summed E-state index contributed by atoms with van der Waals surface area (Å²) in [6.07, 6.45) is 0. The molecule has 1 amide bonds. The molecule has 1 unspecified atom stereocenters. The number of ether oxygens (including phenoxy) is 1. The van der Waals surface area contributed by atoms with Gasteiger partial charge in [0.1, 0.15) is 5.76 Å². The summed E-state index contributed by atoms with van der Waals surface area (Å²) in [6.45, 7) is 6.14. The van der Waals surface area contributed by atoms with Gasteiger partial charge in [0.15, 0.2) is 10.9 Å². The first-order valence-corrected chi connectivity index (χ1v) is 13.5. The molecule has 0 saturated carbocycles. The Balaban J connectivity index is 1.73. The zero-order valence-electron chi connectivity index (χ0n) is 21.1. The van der Waals surface area contributed by atoms with Gasteiger partial charge in [0.05, 0.1) is 39.0 Å². The number of fused-ring (bicyclic) bond motifs is 1. The van der Waals surface area contributed by atoms with E-state index in [0.29, 0.717) is 16.6 Å². The lowest BCUT2D eigenvalue weighted by Crippen LogP contribution is -2.29. The molecule has 1 saturated heterocycles. The average molecular weight is 567 g/mol. The molecule has 5 rings (SSSR count). The molecule has 0 spiro atoms. The molecular weight excluding hydrogens is 543 g/mol. The third-order valence-electron chi connectivity index (χ3n) is 6.55. The van der Waals surface area contributed by atoms with Gasteiger partial charge in [-0.25, -0.2) is 4.98 Å². The molecule has 1 N–H and O–H groups in total. The number of thiazole rings is 1. The number of benzene rings is 3. The Bertz CT molecular complexity index is 1620. The largest absolute Gasteiger partial charge is 0.507 e. The van der Waals surface area contributed by atoms with Gasteiger partial charge in [0.25, 0.3) is 5.78 Å². The molecular formula is C29H24Cl2N2O4S. The predicted molar refractivity (Wildman–Crippen MR) is 153 cm³/mol. The number of aromatic nitrogens is 1. The lowest BCUT2D eigenvalue weighted by Gasteiger charge is -2.23. The number of carbonyl (C=O) groups is 2. The Morgan fingerprint density at radius 3 is 2.42 bits per heavy atom. The van der Waals surface area contributed by atoms with Gasteiger partial charge in [-0.1, -0.05) is 84.3 Å². The molecule has 38 heavy (non-hydrogen) atoms. The van der Waals surface area contributed by atoms with Gasteiger partial charge in [-0.15, -0.1) is 0 Å². The number of aliphatic hydroxyl groups excluding tert-OH is 1. The number of amides is 1. The Morgan fingerprint density at radius 2 is 1.79 bits per heavy atom. The van der Waals surface area contributed by atoms with E-state index in [0.717, 1.165) is 21.3 Å². The summed E-state index contributed by atoms with van der Waals surface area (Å²) < 4.78 is 6.11. The number of hydrogen-bond donors (Lipinski definition) is 1. The number of anilines is 1. The van der Waals surface area contributed by atoms with Crippen LogP contribution in [0, 0.1) is 6.92 Å². The summed E-state index contributed by atoms with van der Waals surface area (Å²) in [4.78, 5) is 33.1. The van der Waals surface area contributed by atoms with E-state index in [2.05, 4.69) is 19.9 Å². The number of ketones is 1. The highest BCUT2D eigenvalue weighted by Crippen LogP contribution is 2.45. The van der Waals surface area contributed by atoms with Crippen LogP contribution in [0.15, 0.2) is 60.2 Å². The second-order valence-electron chi connectivity index (χ2n) is 9.43. The van der Waals surface area contributed by atoms with Crippen molar-refractivity contribution in [2.45, 2.75) is 32.7 Å². The Labute approximate surface area is 234 Å². The van der Waals surface area contributed by atoms with Crippen LogP contribution in [0.2, 0.25) is 10.0 Å². The lowest BCUT2D eigenvalue weighted by atomic mass is 9.94. The number of rotatable bonds is 5. The number of methoxy groups -OCH3 is 1. The summed E-state index contributed by atoms with van der Waals surface area (Å²) >= 11 is 14.0. The fourth-order valence-electron chi connectivity index (χ4n) is 4.62. The maximum absolute atomic E-state index is 13.5. The molecule has 0 aliphatic carbocycles. The van der Waals surface area contributed by atoms with Crippen LogP contribution >= 0.6 is 34.5 Å². The number of hydrogen-bond acceptors (Lipinski definition) is 6. The summed E-state index contributed by atoms with van der Waals surface area (Å²) in [5.41, 5.74) is 3.61. The second-order valence-corrected chi connectivity index (χ2v) is 11.3. The van der Waals surface area contributed by atoms with Crippen LogP contribution in [0.5, 0.6) is 5.75 Å². The van der Waals surface area contributed by atoms with Crippen molar-refractivity contribution in [2.75, 3.05) is 12.0 Å². The zero-order valence-corrected chi connectivity index (χ0v) is 23.4. The average Bonchev–Trinajstić information content (AvgIpc) is 3.41. The summed E-state index contributed by atoms with van der Waals surface area (Å²) in [7, 11) is 1.43. The molecule has 4 aromatic rings. The van der Waals surface area contributed by atoms with E-state index in [-0.39, 0.29) is 32.7 Å². The van der Waals surface area contributed by atoms with E-state index in [4.69, 9.17) is 32.9 Å². The normalized spacial score (nSPS) is 17.1. The molecule has 1 atom stereocenters. The monoisotopic (exact) mass is 566 g/mol. The van der Waals surface area contributed by atoms with E-state index in [1.54, 1.807) is 0 Å². The van der Waals surface area contributed by atoms with Crippen molar-refractivity contribution in [3.63, 3.8) is 0 Å². The number of aryl methyl sites for hydroxylation is 1. The fraction of sp³-hybridized carbons (Fsp3) is 0.207. The minimum absolute atomic E-state index is 0.0694. The summed E-state index contributed by atoms with van der Waals surface area (Å²) in [5.74, 6) is -1.40. The summed E-state index contributed by atoms with van der Waals surface area (Å²) in [5, 5.41) is 12.1. The van der Waals surface area contributed by atoms with E-state index in [1.807, 2.05) is 43.3 Å². The van der Waals surface area contributed by atoms with Crippen molar-refractivity contribution in [3.8, 4) is 5.75 Å². The maximum atomic E-state index is 13.5. The molecule has 194 valence electrons. The van der Waals surface area contributed by atoms with Crippen molar-refractivity contribution in [2.24, 2.45) is 0 Å². The molecule has 3 aromatic carbocycles. The van der Waals surface area contributed by atoms with Gasteiger partial charge < -0.3 is 9.84 Å². The minimum Gasteiger partial charge on any atom is -0.507 e. The molecule has 1 aliphatic rings. The number of halogens is 2. The number of nitrogens with zero attached hydrogens (tertiary/aromatic N) is 2. The molecule has 0 bridgehead atoms. The molecule has 1 aromatic heterocycles. The summed E-state index contributed by atoms with van der Waals surface area (Å²) in [6, 6.07) is 15.5. The highest BCUT2D eigenvalue weighted by Gasteiger charge is 2.48. The van der Waals surface area contributed by atoms with Gasteiger partial charge in [-0.2, -0.15) is 0 Å². The van der Waals surface area contributed by atoms with Crippen LogP contribution in [0.3, 0.4) is 0 Å². The smallest absolute Gasteiger partial charge is 0.301 e. The van der Waals surface area contributed by atoms with Gasteiger partial charge in [0, 0.05) is 5.56 Å².